The molecule has 1 fully saturated rings. The number of hydrogen-bond donors (Lipinski definition) is 1. The van der Waals surface area contributed by atoms with Crippen molar-refractivity contribution in [2.45, 2.75) is 51.7 Å². The number of aryl methyl sites for hydroxylation is 2. The van der Waals surface area contributed by atoms with Gasteiger partial charge in [-0.15, -0.1) is 11.3 Å². The molecule has 1 aliphatic heterocycles. The monoisotopic (exact) mass is 646 g/mol. The maximum atomic E-state index is 12.7. The van der Waals surface area contributed by atoms with Crippen LogP contribution in [0.3, 0.4) is 0 Å². The SMILES string of the molecule is COCCN1CC[C@@H](c2nn(C)c3ccc(-c4nc5cc(C)c(C(OC(C)(C)C)C(=O)O)c(-c6ccc(Cl)cc6)c5s4)cc23)C1. The van der Waals surface area contributed by atoms with Gasteiger partial charge in [-0.2, -0.15) is 5.10 Å². The molecule has 0 bridgehead atoms. The third-order valence-corrected chi connectivity index (χ3v) is 9.80. The molecule has 8 nitrogen and oxygen atoms in total. The number of carboxylic acid groups (broad SMARTS) is 1. The van der Waals surface area contributed by atoms with Crippen molar-refractivity contribution in [2.24, 2.45) is 7.05 Å². The van der Waals surface area contributed by atoms with Crippen molar-refractivity contribution < 1.29 is 19.4 Å². The number of rotatable bonds is 9. The Bertz CT molecular complexity index is 1880. The number of nitrogens with zero attached hydrogens (tertiary/aromatic N) is 4. The van der Waals surface area contributed by atoms with Gasteiger partial charge in [-0.05, 0) is 88.2 Å². The molecule has 1 N–H and O–H groups in total. The van der Waals surface area contributed by atoms with Crippen LogP contribution in [0, 0.1) is 6.92 Å². The van der Waals surface area contributed by atoms with Gasteiger partial charge in [0, 0.05) is 60.3 Å². The lowest BCUT2D eigenvalue weighted by atomic mass is 9.91. The Labute approximate surface area is 272 Å². The molecule has 3 heterocycles. The second-order valence-electron chi connectivity index (χ2n) is 12.8. The number of fused-ring (bicyclic) bond motifs is 2. The summed E-state index contributed by atoms with van der Waals surface area (Å²) in [6.45, 7) is 11.2. The van der Waals surface area contributed by atoms with E-state index in [1.165, 1.54) is 0 Å². The first-order valence-electron chi connectivity index (χ1n) is 15.2. The summed E-state index contributed by atoms with van der Waals surface area (Å²) in [5, 5.41) is 18.0. The first-order valence-corrected chi connectivity index (χ1v) is 16.4. The summed E-state index contributed by atoms with van der Waals surface area (Å²) in [7, 11) is 3.75. The number of halogens is 1. The number of aliphatic carboxylic acids is 1. The zero-order chi connectivity index (χ0) is 32.0. The zero-order valence-corrected chi connectivity index (χ0v) is 28.1. The predicted octanol–water partition coefficient (Wildman–Crippen LogP) is 7.86. The van der Waals surface area contributed by atoms with E-state index in [1.54, 1.807) is 18.4 Å². The van der Waals surface area contributed by atoms with Crippen molar-refractivity contribution in [3.05, 3.63) is 70.4 Å². The third kappa shape index (κ3) is 6.37. The Balaban J connectivity index is 1.49. The highest BCUT2D eigenvalue weighted by Gasteiger charge is 2.33. The minimum atomic E-state index is -1.16. The summed E-state index contributed by atoms with van der Waals surface area (Å²) in [6, 6.07) is 15.9. The fourth-order valence-corrected chi connectivity index (χ4v) is 7.62. The van der Waals surface area contributed by atoms with Gasteiger partial charge in [0.15, 0.2) is 6.10 Å². The minimum absolute atomic E-state index is 0.355. The average Bonchev–Trinajstić information content (AvgIpc) is 3.71. The predicted molar refractivity (Wildman–Crippen MR) is 181 cm³/mol. The second-order valence-corrected chi connectivity index (χ2v) is 14.3. The maximum absolute atomic E-state index is 12.7. The van der Waals surface area contributed by atoms with E-state index in [0.717, 1.165) is 86.7 Å². The number of carbonyl (C=O) groups is 1. The van der Waals surface area contributed by atoms with Gasteiger partial charge < -0.3 is 19.5 Å². The molecule has 236 valence electrons. The van der Waals surface area contributed by atoms with Crippen LogP contribution in [0.15, 0.2) is 48.5 Å². The summed E-state index contributed by atoms with van der Waals surface area (Å²) in [5.41, 5.74) is 6.49. The molecule has 3 aromatic carbocycles. The van der Waals surface area contributed by atoms with Crippen molar-refractivity contribution in [3.63, 3.8) is 0 Å². The first kappa shape index (κ1) is 31.6. The number of methoxy groups -OCH3 is 1. The number of likely N-dealkylation sites (tertiary alicyclic amines) is 1. The van der Waals surface area contributed by atoms with Crippen LogP contribution >= 0.6 is 22.9 Å². The van der Waals surface area contributed by atoms with E-state index in [0.29, 0.717) is 16.5 Å². The first-order chi connectivity index (χ1) is 21.4. The van der Waals surface area contributed by atoms with Crippen LogP contribution in [-0.4, -0.2) is 69.7 Å². The van der Waals surface area contributed by atoms with Gasteiger partial charge in [-0.25, -0.2) is 9.78 Å². The van der Waals surface area contributed by atoms with Crippen molar-refractivity contribution in [2.75, 3.05) is 33.4 Å². The molecule has 0 spiro atoms. The quantitative estimate of drug-likeness (QED) is 0.174. The number of thiazole rings is 1. The van der Waals surface area contributed by atoms with Gasteiger partial charge in [0.25, 0.3) is 0 Å². The summed E-state index contributed by atoms with van der Waals surface area (Å²) in [6.07, 6.45) is -0.0930. The van der Waals surface area contributed by atoms with Crippen LogP contribution in [0.2, 0.25) is 5.02 Å². The van der Waals surface area contributed by atoms with Crippen molar-refractivity contribution in [1.82, 2.24) is 19.7 Å². The zero-order valence-electron chi connectivity index (χ0n) is 26.6. The van der Waals surface area contributed by atoms with Crippen LogP contribution in [0.4, 0.5) is 0 Å². The molecule has 2 aromatic heterocycles. The Morgan fingerprint density at radius 2 is 1.89 bits per heavy atom. The van der Waals surface area contributed by atoms with Gasteiger partial charge in [-0.1, -0.05) is 23.7 Å². The van der Waals surface area contributed by atoms with E-state index < -0.39 is 17.7 Å². The van der Waals surface area contributed by atoms with Gasteiger partial charge >= 0.3 is 5.97 Å². The molecule has 0 amide bonds. The fourth-order valence-electron chi connectivity index (χ4n) is 6.37. The largest absolute Gasteiger partial charge is 0.479 e. The Hall–Kier alpha value is -3.34. The standard InChI is InChI=1S/C35H39ClN4O4S/c1-20-17-26-32(29(21-7-10-24(36)11-8-21)28(20)31(34(41)42)44-35(2,3)4)45-33(37-26)22-9-12-27-25(18-22)30(38-39(27)5)23-13-14-40(19-23)15-16-43-6/h7-12,17-18,23,31H,13-16,19H2,1-6H3,(H,41,42)/t23-,31?/m1/s1. The van der Waals surface area contributed by atoms with Gasteiger partial charge in [0.05, 0.1) is 33.6 Å². The number of carboxylic acids is 1. The molecule has 2 atom stereocenters. The Kier molecular flexibility index (Phi) is 8.76. The van der Waals surface area contributed by atoms with Crippen molar-refractivity contribution >= 4 is 50.0 Å². The molecule has 1 aliphatic rings. The molecule has 0 radical (unpaired) electrons. The molecule has 1 saturated heterocycles. The lowest BCUT2D eigenvalue weighted by Gasteiger charge is -2.28. The van der Waals surface area contributed by atoms with E-state index in [9.17, 15) is 9.90 Å². The minimum Gasteiger partial charge on any atom is -0.479 e. The van der Waals surface area contributed by atoms with Crippen molar-refractivity contribution in [3.8, 4) is 21.7 Å². The smallest absolute Gasteiger partial charge is 0.337 e. The topological polar surface area (TPSA) is 89.7 Å². The number of aromatic nitrogens is 3. The van der Waals surface area contributed by atoms with Crippen LogP contribution in [0.5, 0.6) is 0 Å². The average molecular weight is 647 g/mol. The van der Waals surface area contributed by atoms with E-state index in [4.69, 9.17) is 31.2 Å². The van der Waals surface area contributed by atoms with Crippen LogP contribution in [-0.2, 0) is 21.3 Å². The highest BCUT2D eigenvalue weighted by molar-refractivity contribution is 7.22. The van der Waals surface area contributed by atoms with E-state index in [2.05, 4.69) is 23.1 Å². The van der Waals surface area contributed by atoms with Crippen molar-refractivity contribution in [1.29, 1.82) is 0 Å². The van der Waals surface area contributed by atoms with Gasteiger partial charge in [-0.3, -0.25) is 4.68 Å². The molecule has 10 heteroatoms. The fraction of sp³-hybridized carbons (Fsp3) is 0.400. The summed E-state index contributed by atoms with van der Waals surface area (Å²) in [4.78, 5) is 20.2. The van der Waals surface area contributed by atoms with E-state index in [-0.39, 0.29) is 0 Å². The highest BCUT2D eigenvalue weighted by atomic mass is 35.5. The van der Waals surface area contributed by atoms with Crippen LogP contribution in [0.25, 0.3) is 42.8 Å². The lowest BCUT2D eigenvalue weighted by molar-refractivity contribution is -0.160. The molecule has 1 unspecified atom stereocenters. The highest BCUT2D eigenvalue weighted by Crippen LogP contribution is 2.45. The van der Waals surface area contributed by atoms with Gasteiger partial charge in [0.2, 0.25) is 0 Å². The Morgan fingerprint density at radius 1 is 1.16 bits per heavy atom. The maximum Gasteiger partial charge on any atom is 0.337 e. The second kappa shape index (κ2) is 12.5. The molecule has 5 aromatic rings. The normalized spacial score (nSPS) is 16.6. The number of benzene rings is 3. The van der Waals surface area contributed by atoms with E-state index in [1.807, 2.05) is 69.8 Å². The molecule has 45 heavy (non-hydrogen) atoms. The number of ether oxygens (including phenoxy) is 2. The van der Waals surface area contributed by atoms with E-state index >= 15 is 0 Å². The molecule has 0 saturated carbocycles. The Morgan fingerprint density at radius 3 is 2.58 bits per heavy atom. The third-order valence-electron chi connectivity index (χ3n) is 8.42. The molecular weight excluding hydrogens is 608 g/mol. The summed E-state index contributed by atoms with van der Waals surface area (Å²) >= 11 is 7.84. The van der Waals surface area contributed by atoms with Crippen LogP contribution in [0.1, 0.15) is 56.0 Å². The molecule has 0 aliphatic carbocycles. The summed E-state index contributed by atoms with van der Waals surface area (Å²) in [5.74, 6) is -0.678. The van der Waals surface area contributed by atoms with Crippen LogP contribution < -0.4 is 0 Å². The summed E-state index contributed by atoms with van der Waals surface area (Å²) < 4.78 is 14.4. The number of hydrogen-bond acceptors (Lipinski definition) is 7. The lowest BCUT2D eigenvalue weighted by Crippen LogP contribution is -2.28. The molecular formula is C35H39ClN4O4S. The van der Waals surface area contributed by atoms with Gasteiger partial charge in [0.1, 0.15) is 5.01 Å². The molecule has 6 rings (SSSR count).